The fourth-order valence-electron chi connectivity index (χ4n) is 3.74. The Labute approximate surface area is 180 Å². The van der Waals surface area contributed by atoms with Crippen LogP contribution in [0.4, 0.5) is 5.82 Å². The Morgan fingerprint density at radius 1 is 1.37 bits per heavy atom. The summed E-state index contributed by atoms with van der Waals surface area (Å²) in [6.45, 7) is 8.72. The molecule has 2 N–H and O–H groups in total. The van der Waals surface area contributed by atoms with Gasteiger partial charge in [-0.05, 0) is 43.2 Å². The summed E-state index contributed by atoms with van der Waals surface area (Å²) in [5, 5.41) is 6.90. The van der Waals surface area contributed by atoms with E-state index in [1.165, 1.54) is 25.7 Å². The van der Waals surface area contributed by atoms with Crippen LogP contribution in [0.3, 0.4) is 0 Å². The largest absolute Gasteiger partial charge is 0.375 e. The number of anilines is 1. The molecule has 2 heterocycles. The molecule has 6 nitrogen and oxygen atoms in total. The molecule has 1 aliphatic heterocycles. The van der Waals surface area contributed by atoms with Gasteiger partial charge in [-0.1, -0.05) is 19.4 Å². The molecule has 1 aromatic heterocycles. The van der Waals surface area contributed by atoms with Crippen LogP contribution in [0, 0.1) is 5.41 Å². The fourth-order valence-corrected chi connectivity index (χ4v) is 3.74. The number of guanidine groups is 1. The molecular formula is C20H34IN5O. The number of pyridine rings is 1. The average Bonchev–Trinajstić information content (AvgIpc) is 2.64. The second kappa shape index (κ2) is 10.5. The normalized spacial score (nSPS) is 21.8. The van der Waals surface area contributed by atoms with Crippen LogP contribution >= 0.6 is 24.0 Å². The lowest BCUT2D eigenvalue weighted by Crippen LogP contribution is -2.46. The molecule has 1 aromatic rings. The van der Waals surface area contributed by atoms with Crippen LogP contribution in [-0.4, -0.2) is 50.3 Å². The second-order valence-electron chi connectivity index (χ2n) is 7.64. The number of hydrogen-bond acceptors (Lipinski definition) is 4. The zero-order valence-corrected chi connectivity index (χ0v) is 19.2. The van der Waals surface area contributed by atoms with Crippen molar-refractivity contribution in [3.05, 3.63) is 23.9 Å². The number of nitrogens with one attached hydrogen (secondary N) is 2. The maximum Gasteiger partial charge on any atom is 0.191 e. The van der Waals surface area contributed by atoms with Crippen LogP contribution in [0.5, 0.6) is 0 Å². The fraction of sp³-hybridized carbons (Fsp3) is 0.700. The highest BCUT2D eigenvalue weighted by Crippen LogP contribution is 2.42. The van der Waals surface area contributed by atoms with Gasteiger partial charge in [0.1, 0.15) is 5.82 Å². The van der Waals surface area contributed by atoms with Crippen molar-refractivity contribution in [3.63, 3.8) is 0 Å². The number of morpholine rings is 1. The van der Waals surface area contributed by atoms with Gasteiger partial charge in [0.05, 0.1) is 12.7 Å². The quantitative estimate of drug-likeness (QED) is 0.367. The molecule has 2 fully saturated rings. The zero-order valence-electron chi connectivity index (χ0n) is 16.8. The number of ether oxygens (including phenoxy) is 1. The molecule has 1 saturated heterocycles. The summed E-state index contributed by atoms with van der Waals surface area (Å²) in [5.41, 5.74) is 1.64. The average molecular weight is 487 g/mol. The molecule has 27 heavy (non-hydrogen) atoms. The molecule has 0 spiro atoms. The number of nitrogens with zero attached hydrogens (tertiary/aromatic N) is 3. The molecule has 0 aromatic carbocycles. The van der Waals surface area contributed by atoms with Crippen LogP contribution < -0.4 is 15.5 Å². The Bertz CT molecular complexity index is 597. The smallest absolute Gasteiger partial charge is 0.191 e. The first-order chi connectivity index (χ1) is 12.6. The molecule has 1 aliphatic carbocycles. The van der Waals surface area contributed by atoms with Crippen molar-refractivity contribution in [1.82, 2.24) is 15.6 Å². The van der Waals surface area contributed by atoms with Crippen LogP contribution in [0.25, 0.3) is 0 Å². The minimum Gasteiger partial charge on any atom is -0.375 e. The highest BCUT2D eigenvalue weighted by molar-refractivity contribution is 14.0. The lowest BCUT2D eigenvalue weighted by molar-refractivity contribution is 0.0529. The molecule has 7 heteroatoms. The van der Waals surface area contributed by atoms with Crippen molar-refractivity contribution in [2.45, 2.75) is 52.2 Å². The van der Waals surface area contributed by atoms with Crippen LogP contribution in [-0.2, 0) is 11.3 Å². The Morgan fingerprint density at radius 3 is 2.74 bits per heavy atom. The first-order valence-corrected chi connectivity index (χ1v) is 9.90. The molecule has 1 atom stereocenters. The number of hydrogen-bond donors (Lipinski definition) is 2. The van der Waals surface area contributed by atoms with E-state index in [0.717, 1.165) is 50.1 Å². The predicted octanol–water partition coefficient (Wildman–Crippen LogP) is 3.17. The van der Waals surface area contributed by atoms with Gasteiger partial charge in [0.2, 0.25) is 0 Å². The maximum atomic E-state index is 5.60. The maximum absolute atomic E-state index is 5.60. The number of halogens is 1. The molecule has 3 rings (SSSR count). The highest BCUT2D eigenvalue weighted by atomic mass is 127. The summed E-state index contributed by atoms with van der Waals surface area (Å²) in [4.78, 5) is 11.3. The lowest BCUT2D eigenvalue weighted by Gasteiger charge is -2.41. The number of aliphatic imine (C=N–C) groups is 1. The van der Waals surface area contributed by atoms with Gasteiger partial charge >= 0.3 is 0 Å². The van der Waals surface area contributed by atoms with Gasteiger partial charge < -0.3 is 20.3 Å². The van der Waals surface area contributed by atoms with Crippen molar-refractivity contribution >= 4 is 35.8 Å². The summed E-state index contributed by atoms with van der Waals surface area (Å²) < 4.78 is 5.60. The SMILES string of the molecule is CCC1(CNC(=NC)NCc2ccc(N3CCOC(C)C3)nc2)CCC1.I. The van der Waals surface area contributed by atoms with E-state index >= 15 is 0 Å². The third-order valence-corrected chi connectivity index (χ3v) is 5.85. The van der Waals surface area contributed by atoms with Gasteiger partial charge in [-0.25, -0.2) is 4.98 Å². The molecular weight excluding hydrogens is 453 g/mol. The van der Waals surface area contributed by atoms with E-state index in [9.17, 15) is 0 Å². The third kappa shape index (κ3) is 5.94. The van der Waals surface area contributed by atoms with Gasteiger partial charge in [0, 0.05) is 39.4 Å². The standard InChI is InChI=1S/C20H33N5O.HI/c1-4-20(8-5-9-20)15-24-19(21-3)23-13-17-6-7-18(22-12-17)25-10-11-26-16(2)14-25;/h6-7,12,16H,4-5,8-11,13-15H2,1-3H3,(H2,21,23,24);1H. The minimum absolute atomic E-state index is 0. The third-order valence-electron chi connectivity index (χ3n) is 5.85. The van der Waals surface area contributed by atoms with Gasteiger partial charge in [-0.2, -0.15) is 0 Å². The summed E-state index contributed by atoms with van der Waals surface area (Å²) in [7, 11) is 1.83. The van der Waals surface area contributed by atoms with Crippen LogP contribution in [0.15, 0.2) is 23.3 Å². The lowest BCUT2D eigenvalue weighted by atomic mass is 9.67. The molecule has 0 amide bonds. The first-order valence-electron chi connectivity index (χ1n) is 9.90. The van der Waals surface area contributed by atoms with Crippen molar-refractivity contribution < 1.29 is 4.74 Å². The summed E-state index contributed by atoms with van der Waals surface area (Å²) >= 11 is 0. The topological polar surface area (TPSA) is 61.8 Å². The van der Waals surface area contributed by atoms with E-state index in [1.807, 2.05) is 13.2 Å². The van der Waals surface area contributed by atoms with E-state index in [1.54, 1.807) is 0 Å². The highest BCUT2D eigenvalue weighted by Gasteiger charge is 2.34. The first kappa shape index (κ1) is 22.2. The summed E-state index contributed by atoms with van der Waals surface area (Å²) in [6, 6.07) is 4.24. The van der Waals surface area contributed by atoms with E-state index in [4.69, 9.17) is 4.74 Å². The van der Waals surface area contributed by atoms with Gasteiger partial charge in [-0.3, -0.25) is 4.99 Å². The Morgan fingerprint density at radius 2 is 2.19 bits per heavy atom. The molecule has 1 unspecified atom stereocenters. The molecule has 1 saturated carbocycles. The molecule has 2 aliphatic rings. The second-order valence-corrected chi connectivity index (χ2v) is 7.64. The molecule has 0 bridgehead atoms. The van der Waals surface area contributed by atoms with Crippen LogP contribution in [0.2, 0.25) is 0 Å². The van der Waals surface area contributed by atoms with E-state index in [-0.39, 0.29) is 30.1 Å². The Balaban J connectivity index is 0.00000261. The van der Waals surface area contributed by atoms with Gasteiger partial charge in [0.25, 0.3) is 0 Å². The predicted molar refractivity (Wildman–Crippen MR) is 122 cm³/mol. The Hall–Kier alpha value is -1.09. The summed E-state index contributed by atoms with van der Waals surface area (Å²) in [6.07, 6.45) is 7.49. The summed E-state index contributed by atoms with van der Waals surface area (Å²) in [5.74, 6) is 1.90. The minimum atomic E-state index is 0. The zero-order chi connectivity index (χ0) is 18.4. The van der Waals surface area contributed by atoms with E-state index < -0.39 is 0 Å². The van der Waals surface area contributed by atoms with E-state index in [0.29, 0.717) is 5.41 Å². The van der Waals surface area contributed by atoms with Gasteiger partial charge in [0.15, 0.2) is 5.96 Å². The number of aromatic nitrogens is 1. The van der Waals surface area contributed by atoms with Crippen molar-refractivity contribution in [2.75, 3.05) is 38.2 Å². The van der Waals surface area contributed by atoms with Crippen molar-refractivity contribution in [3.8, 4) is 0 Å². The number of rotatable bonds is 6. The van der Waals surface area contributed by atoms with Crippen molar-refractivity contribution in [1.29, 1.82) is 0 Å². The van der Waals surface area contributed by atoms with Crippen molar-refractivity contribution in [2.24, 2.45) is 10.4 Å². The van der Waals surface area contributed by atoms with E-state index in [2.05, 4.69) is 51.5 Å². The van der Waals surface area contributed by atoms with Gasteiger partial charge in [-0.15, -0.1) is 24.0 Å². The monoisotopic (exact) mass is 487 g/mol. The molecule has 0 radical (unpaired) electrons. The Kier molecular flexibility index (Phi) is 8.60. The molecule has 152 valence electrons. The van der Waals surface area contributed by atoms with Crippen LogP contribution in [0.1, 0.15) is 45.1 Å².